The molecule has 1 aromatic heterocycles. The Morgan fingerprint density at radius 1 is 1.00 bits per heavy atom. The average molecular weight is 441 g/mol. The molecule has 0 N–H and O–H groups in total. The summed E-state index contributed by atoms with van der Waals surface area (Å²) in [5.41, 5.74) is 3.99. The van der Waals surface area contributed by atoms with Crippen molar-refractivity contribution < 1.29 is 18.7 Å². The first-order valence-corrected chi connectivity index (χ1v) is 10.8. The van der Waals surface area contributed by atoms with Crippen LogP contribution in [0.4, 0.5) is 10.5 Å². The summed E-state index contributed by atoms with van der Waals surface area (Å²) >= 11 is 0. The third-order valence-corrected chi connectivity index (χ3v) is 6.05. The summed E-state index contributed by atoms with van der Waals surface area (Å²) in [6.45, 7) is 2.48. The first-order chi connectivity index (χ1) is 16.0. The van der Waals surface area contributed by atoms with E-state index in [1.165, 1.54) is 0 Å². The van der Waals surface area contributed by atoms with Gasteiger partial charge in [-0.15, -0.1) is 0 Å². The molecule has 0 unspecified atom stereocenters. The normalized spacial score (nSPS) is 13.0. The van der Waals surface area contributed by atoms with Crippen LogP contribution in [-0.4, -0.2) is 19.7 Å². The van der Waals surface area contributed by atoms with E-state index in [1.807, 2.05) is 49.4 Å². The molecule has 0 bridgehead atoms. The van der Waals surface area contributed by atoms with E-state index in [-0.39, 0.29) is 0 Å². The van der Waals surface area contributed by atoms with Crippen LogP contribution < -0.4 is 20.0 Å². The Balaban J connectivity index is 1.46. The number of methoxy groups -OCH3 is 1. The summed E-state index contributed by atoms with van der Waals surface area (Å²) in [5, 5.41) is 0.781. The van der Waals surface area contributed by atoms with Crippen molar-refractivity contribution in [3.05, 3.63) is 88.3 Å². The summed E-state index contributed by atoms with van der Waals surface area (Å²) in [5.74, 6) is 1.04. The molecule has 0 saturated carbocycles. The number of anilines is 1. The summed E-state index contributed by atoms with van der Waals surface area (Å²) < 4.78 is 16.5. The van der Waals surface area contributed by atoms with Gasteiger partial charge in [-0.2, -0.15) is 0 Å². The van der Waals surface area contributed by atoms with Crippen LogP contribution in [-0.2, 0) is 6.42 Å². The number of para-hydroxylation sites is 1. The standard InChI is InChI=1S/C27H23NO5/c1-17-22-14-13-21(32-27(30)28-15-5-7-18-6-3-4-8-23(18)28)16-24(22)33-26(29)25(17)19-9-11-20(31-2)12-10-19/h3-4,6,8-14,16H,5,7,15H2,1-2H3. The Hall–Kier alpha value is -4.06. The quantitative estimate of drug-likeness (QED) is 0.380. The molecule has 1 aliphatic rings. The molecule has 166 valence electrons. The van der Waals surface area contributed by atoms with Crippen LogP contribution in [0.25, 0.3) is 22.1 Å². The van der Waals surface area contributed by atoms with E-state index in [4.69, 9.17) is 13.9 Å². The molecule has 3 aromatic carbocycles. The summed E-state index contributed by atoms with van der Waals surface area (Å²) in [4.78, 5) is 27.4. The number of rotatable bonds is 3. The third kappa shape index (κ3) is 3.84. The average Bonchev–Trinajstić information content (AvgIpc) is 2.84. The topological polar surface area (TPSA) is 69.0 Å². The van der Waals surface area contributed by atoms with Crippen molar-refractivity contribution in [1.82, 2.24) is 0 Å². The van der Waals surface area contributed by atoms with Gasteiger partial charge in [-0.1, -0.05) is 30.3 Å². The maximum atomic E-state index is 12.9. The monoisotopic (exact) mass is 441 g/mol. The summed E-state index contributed by atoms with van der Waals surface area (Å²) in [6, 6.07) is 20.2. The number of fused-ring (bicyclic) bond motifs is 2. The van der Waals surface area contributed by atoms with E-state index in [1.54, 1.807) is 36.3 Å². The van der Waals surface area contributed by atoms with E-state index >= 15 is 0 Å². The molecule has 0 aliphatic carbocycles. The fraction of sp³-hybridized carbons (Fsp3) is 0.185. The second-order valence-electron chi connectivity index (χ2n) is 8.03. The summed E-state index contributed by atoms with van der Waals surface area (Å²) in [7, 11) is 1.60. The largest absolute Gasteiger partial charge is 0.497 e. The van der Waals surface area contributed by atoms with Crippen molar-refractivity contribution in [2.75, 3.05) is 18.6 Å². The van der Waals surface area contributed by atoms with Crippen LogP contribution >= 0.6 is 0 Å². The molecule has 0 radical (unpaired) electrons. The Kier molecular flexibility index (Phi) is 5.34. The van der Waals surface area contributed by atoms with Crippen LogP contribution in [0, 0.1) is 6.92 Å². The van der Waals surface area contributed by atoms with Crippen LogP contribution in [0.5, 0.6) is 11.5 Å². The highest BCUT2D eigenvalue weighted by Crippen LogP contribution is 2.31. The molecule has 33 heavy (non-hydrogen) atoms. The SMILES string of the molecule is COc1ccc(-c2c(C)c3ccc(OC(=O)N4CCCc5ccccc54)cc3oc2=O)cc1. The van der Waals surface area contributed by atoms with E-state index in [2.05, 4.69) is 0 Å². The number of carbonyl (C=O) groups is 1. The van der Waals surface area contributed by atoms with Crippen LogP contribution in [0.2, 0.25) is 0 Å². The molecule has 5 rings (SSSR count). The molecule has 6 heteroatoms. The minimum absolute atomic E-state index is 0.329. The predicted molar refractivity (Wildman–Crippen MR) is 127 cm³/mol. The van der Waals surface area contributed by atoms with Gasteiger partial charge in [-0.25, -0.2) is 9.59 Å². The van der Waals surface area contributed by atoms with Gasteiger partial charge in [-0.3, -0.25) is 4.90 Å². The molecule has 4 aromatic rings. The van der Waals surface area contributed by atoms with Crippen molar-refractivity contribution in [2.24, 2.45) is 0 Å². The zero-order valence-corrected chi connectivity index (χ0v) is 18.5. The van der Waals surface area contributed by atoms with Gasteiger partial charge in [0.25, 0.3) is 0 Å². The highest BCUT2D eigenvalue weighted by Gasteiger charge is 2.24. The minimum atomic E-state index is -0.449. The van der Waals surface area contributed by atoms with Crippen molar-refractivity contribution in [3.8, 4) is 22.6 Å². The Bertz CT molecular complexity index is 1400. The van der Waals surface area contributed by atoms with Gasteiger partial charge in [0, 0.05) is 18.0 Å². The molecule has 0 atom stereocenters. The molecule has 2 heterocycles. The van der Waals surface area contributed by atoms with E-state index < -0.39 is 11.7 Å². The zero-order chi connectivity index (χ0) is 22.9. The predicted octanol–water partition coefficient (Wildman–Crippen LogP) is 5.73. The molecule has 1 aliphatic heterocycles. The maximum Gasteiger partial charge on any atom is 0.419 e. The fourth-order valence-corrected chi connectivity index (χ4v) is 4.37. The smallest absolute Gasteiger partial charge is 0.419 e. The van der Waals surface area contributed by atoms with Gasteiger partial charge in [-0.05, 0) is 66.8 Å². The van der Waals surface area contributed by atoms with Crippen LogP contribution in [0.1, 0.15) is 17.5 Å². The van der Waals surface area contributed by atoms with Gasteiger partial charge in [0.2, 0.25) is 0 Å². The van der Waals surface area contributed by atoms with Gasteiger partial charge in [0.15, 0.2) is 0 Å². The molecule has 0 spiro atoms. The van der Waals surface area contributed by atoms with Crippen molar-refractivity contribution in [3.63, 3.8) is 0 Å². The first-order valence-electron chi connectivity index (χ1n) is 10.8. The second kappa shape index (κ2) is 8.47. The van der Waals surface area contributed by atoms with Crippen LogP contribution in [0.15, 0.2) is 75.9 Å². The fourth-order valence-electron chi connectivity index (χ4n) is 4.37. The lowest BCUT2D eigenvalue weighted by molar-refractivity contribution is 0.207. The molecule has 1 amide bonds. The lowest BCUT2D eigenvalue weighted by Gasteiger charge is -2.28. The van der Waals surface area contributed by atoms with Crippen LogP contribution in [0.3, 0.4) is 0 Å². The van der Waals surface area contributed by atoms with Gasteiger partial charge >= 0.3 is 11.7 Å². The number of nitrogens with zero attached hydrogens (tertiary/aromatic N) is 1. The number of hydrogen-bond donors (Lipinski definition) is 0. The zero-order valence-electron chi connectivity index (χ0n) is 18.5. The Morgan fingerprint density at radius 2 is 1.76 bits per heavy atom. The van der Waals surface area contributed by atoms with Crippen molar-refractivity contribution in [1.29, 1.82) is 0 Å². The van der Waals surface area contributed by atoms with E-state index in [0.717, 1.165) is 40.6 Å². The molecule has 0 fully saturated rings. The number of hydrogen-bond acceptors (Lipinski definition) is 5. The lowest BCUT2D eigenvalue weighted by Crippen LogP contribution is -2.37. The molecule has 0 saturated heterocycles. The minimum Gasteiger partial charge on any atom is -0.497 e. The number of aryl methyl sites for hydroxylation is 2. The highest BCUT2D eigenvalue weighted by molar-refractivity contribution is 5.92. The van der Waals surface area contributed by atoms with Gasteiger partial charge < -0.3 is 13.9 Å². The number of benzene rings is 3. The second-order valence-corrected chi connectivity index (χ2v) is 8.03. The Morgan fingerprint density at radius 3 is 2.55 bits per heavy atom. The van der Waals surface area contributed by atoms with Crippen molar-refractivity contribution >= 4 is 22.7 Å². The van der Waals surface area contributed by atoms with E-state index in [9.17, 15) is 9.59 Å². The molecule has 6 nitrogen and oxygen atoms in total. The number of carbonyl (C=O) groups excluding carboxylic acids is 1. The van der Waals surface area contributed by atoms with Crippen molar-refractivity contribution in [2.45, 2.75) is 19.8 Å². The maximum absolute atomic E-state index is 12.9. The molecular formula is C27H23NO5. The lowest BCUT2D eigenvalue weighted by atomic mass is 9.99. The van der Waals surface area contributed by atoms with E-state index in [0.29, 0.717) is 29.2 Å². The number of amides is 1. The Labute approximate surface area is 191 Å². The first kappa shape index (κ1) is 20.8. The number of ether oxygens (including phenoxy) is 2. The summed E-state index contributed by atoms with van der Waals surface area (Å²) in [6.07, 6.45) is 1.37. The highest BCUT2D eigenvalue weighted by atomic mass is 16.6. The molecular weight excluding hydrogens is 418 g/mol. The third-order valence-electron chi connectivity index (χ3n) is 6.05. The van der Waals surface area contributed by atoms with Gasteiger partial charge in [0.05, 0.1) is 18.4 Å². The van der Waals surface area contributed by atoms with Gasteiger partial charge in [0.1, 0.15) is 17.1 Å².